The standard InChI is InChI=1S/C10H18N4O/c1-4-6(2)7(3)13-10(15)8-5-12-14-9(8)11/h5-7H,4H2,1-3H3,(H,13,15)(H3,11,12,14). The van der Waals surface area contributed by atoms with E-state index in [-0.39, 0.29) is 11.9 Å². The summed E-state index contributed by atoms with van der Waals surface area (Å²) in [5.41, 5.74) is 5.95. The second-order valence-corrected chi connectivity index (χ2v) is 3.85. The lowest BCUT2D eigenvalue weighted by atomic mass is 10.0. The molecule has 0 aliphatic carbocycles. The van der Waals surface area contributed by atoms with Gasteiger partial charge in [0.15, 0.2) is 0 Å². The zero-order valence-corrected chi connectivity index (χ0v) is 9.37. The van der Waals surface area contributed by atoms with Gasteiger partial charge in [0.25, 0.3) is 5.91 Å². The van der Waals surface area contributed by atoms with Crippen molar-refractivity contribution >= 4 is 11.7 Å². The summed E-state index contributed by atoms with van der Waals surface area (Å²) in [4.78, 5) is 11.7. The molecule has 2 atom stereocenters. The third-order valence-corrected chi connectivity index (χ3v) is 2.77. The van der Waals surface area contributed by atoms with Crippen LogP contribution in [0.15, 0.2) is 6.20 Å². The van der Waals surface area contributed by atoms with E-state index >= 15 is 0 Å². The van der Waals surface area contributed by atoms with Gasteiger partial charge >= 0.3 is 0 Å². The zero-order chi connectivity index (χ0) is 11.4. The molecule has 0 fully saturated rings. The van der Waals surface area contributed by atoms with E-state index in [1.54, 1.807) is 0 Å². The highest BCUT2D eigenvalue weighted by atomic mass is 16.1. The van der Waals surface area contributed by atoms with Gasteiger partial charge in [-0.15, -0.1) is 0 Å². The molecule has 0 spiro atoms. The van der Waals surface area contributed by atoms with Crippen molar-refractivity contribution in [3.63, 3.8) is 0 Å². The van der Waals surface area contributed by atoms with Gasteiger partial charge in [-0.05, 0) is 12.8 Å². The summed E-state index contributed by atoms with van der Waals surface area (Å²) in [6.45, 7) is 6.19. The fourth-order valence-corrected chi connectivity index (χ4v) is 1.26. The molecule has 84 valence electrons. The maximum atomic E-state index is 11.7. The molecular formula is C10H18N4O. The lowest BCUT2D eigenvalue weighted by Gasteiger charge is -2.19. The number of aromatic amines is 1. The van der Waals surface area contributed by atoms with Crippen molar-refractivity contribution in [2.24, 2.45) is 5.92 Å². The van der Waals surface area contributed by atoms with Crippen molar-refractivity contribution in [1.29, 1.82) is 0 Å². The minimum absolute atomic E-state index is 0.136. The molecule has 0 bridgehead atoms. The number of carbonyl (C=O) groups is 1. The molecule has 5 heteroatoms. The molecule has 0 saturated carbocycles. The average Bonchev–Trinajstić information content (AvgIpc) is 2.63. The van der Waals surface area contributed by atoms with Crippen molar-refractivity contribution in [2.45, 2.75) is 33.2 Å². The number of nitrogens with one attached hydrogen (secondary N) is 2. The summed E-state index contributed by atoms with van der Waals surface area (Å²) < 4.78 is 0. The van der Waals surface area contributed by atoms with E-state index in [1.165, 1.54) is 6.20 Å². The predicted molar refractivity (Wildman–Crippen MR) is 59.4 cm³/mol. The molecule has 1 aromatic heterocycles. The van der Waals surface area contributed by atoms with Gasteiger partial charge < -0.3 is 11.1 Å². The maximum absolute atomic E-state index is 11.7. The quantitative estimate of drug-likeness (QED) is 0.697. The van der Waals surface area contributed by atoms with Crippen LogP contribution in [0.2, 0.25) is 0 Å². The maximum Gasteiger partial charge on any atom is 0.256 e. The highest BCUT2D eigenvalue weighted by Gasteiger charge is 2.16. The van der Waals surface area contributed by atoms with Gasteiger partial charge in [0.05, 0.1) is 6.20 Å². The second-order valence-electron chi connectivity index (χ2n) is 3.85. The number of nitrogens with zero attached hydrogens (tertiary/aromatic N) is 1. The Kier molecular flexibility index (Phi) is 3.71. The average molecular weight is 210 g/mol. The lowest BCUT2D eigenvalue weighted by molar-refractivity contribution is 0.0929. The van der Waals surface area contributed by atoms with E-state index in [0.717, 1.165) is 6.42 Å². The normalized spacial score (nSPS) is 14.6. The lowest BCUT2D eigenvalue weighted by Crippen LogP contribution is -2.37. The first-order valence-corrected chi connectivity index (χ1v) is 5.16. The van der Waals surface area contributed by atoms with Crippen molar-refractivity contribution in [2.75, 3.05) is 5.73 Å². The van der Waals surface area contributed by atoms with Crippen LogP contribution in [0.1, 0.15) is 37.6 Å². The number of H-pyrrole nitrogens is 1. The molecule has 0 aromatic carbocycles. The summed E-state index contributed by atoms with van der Waals surface area (Å²) in [5.74, 6) is 0.583. The summed E-state index contributed by atoms with van der Waals surface area (Å²) >= 11 is 0. The van der Waals surface area contributed by atoms with Crippen molar-refractivity contribution < 1.29 is 4.79 Å². The summed E-state index contributed by atoms with van der Waals surface area (Å²) in [5, 5.41) is 9.13. The molecule has 15 heavy (non-hydrogen) atoms. The van der Waals surface area contributed by atoms with E-state index in [2.05, 4.69) is 29.4 Å². The SMILES string of the molecule is CCC(C)C(C)NC(=O)c1cn[nH]c1N. The van der Waals surface area contributed by atoms with Crippen LogP contribution in [-0.2, 0) is 0 Å². The molecule has 1 rings (SSSR count). The molecule has 0 saturated heterocycles. The molecule has 0 radical (unpaired) electrons. The molecule has 5 nitrogen and oxygen atoms in total. The van der Waals surface area contributed by atoms with Gasteiger partial charge in [-0.25, -0.2) is 0 Å². The Morgan fingerprint density at radius 2 is 2.33 bits per heavy atom. The molecule has 1 aromatic rings. The van der Waals surface area contributed by atoms with Crippen LogP contribution in [0.4, 0.5) is 5.82 Å². The fourth-order valence-electron chi connectivity index (χ4n) is 1.26. The first kappa shape index (κ1) is 11.6. The van der Waals surface area contributed by atoms with Crippen LogP contribution >= 0.6 is 0 Å². The Morgan fingerprint density at radius 3 is 2.80 bits per heavy atom. The van der Waals surface area contributed by atoms with Crippen LogP contribution in [0, 0.1) is 5.92 Å². The molecule has 0 aliphatic rings. The number of hydrogen-bond acceptors (Lipinski definition) is 3. The van der Waals surface area contributed by atoms with Crippen LogP contribution in [-0.4, -0.2) is 22.1 Å². The monoisotopic (exact) mass is 210 g/mol. The number of amides is 1. The van der Waals surface area contributed by atoms with E-state index in [9.17, 15) is 4.79 Å². The predicted octanol–water partition coefficient (Wildman–Crippen LogP) is 1.16. The second kappa shape index (κ2) is 4.82. The van der Waals surface area contributed by atoms with Gasteiger partial charge in [0.1, 0.15) is 11.4 Å². The van der Waals surface area contributed by atoms with E-state index in [4.69, 9.17) is 5.73 Å². The number of anilines is 1. The van der Waals surface area contributed by atoms with Gasteiger partial charge in [-0.3, -0.25) is 9.89 Å². The van der Waals surface area contributed by atoms with Gasteiger partial charge in [-0.1, -0.05) is 20.3 Å². The number of aromatic nitrogens is 2. The fraction of sp³-hybridized carbons (Fsp3) is 0.600. The third kappa shape index (κ3) is 2.71. The Labute approximate surface area is 89.4 Å². The Bertz CT molecular complexity index is 334. The number of nitrogens with two attached hydrogens (primary N) is 1. The number of carbonyl (C=O) groups excluding carboxylic acids is 1. The molecule has 2 unspecified atom stereocenters. The molecule has 4 N–H and O–H groups in total. The molecular weight excluding hydrogens is 192 g/mol. The first-order chi connectivity index (χ1) is 7.06. The third-order valence-electron chi connectivity index (χ3n) is 2.77. The van der Waals surface area contributed by atoms with Crippen LogP contribution in [0.5, 0.6) is 0 Å². The smallest absolute Gasteiger partial charge is 0.256 e. The minimum atomic E-state index is -0.172. The Balaban J connectivity index is 2.60. The number of hydrogen-bond donors (Lipinski definition) is 3. The van der Waals surface area contributed by atoms with Crippen molar-refractivity contribution in [1.82, 2.24) is 15.5 Å². The van der Waals surface area contributed by atoms with E-state index in [1.807, 2.05) is 6.92 Å². The zero-order valence-electron chi connectivity index (χ0n) is 9.37. The van der Waals surface area contributed by atoms with Gasteiger partial charge in [0.2, 0.25) is 0 Å². The van der Waals surface area contributed by atoms with Crippen molar-refractivity contribution in [3.8, 4) is 0 Å². The first-order valence-electron chi connectivity index (χ1n) is 5.16. The van der Waals surface area contributed by atoms with Crippen molar-refractivity contribution in [3.05, 3.63) is 11.8 Å². The van der Waals surface area contributed by atoms with Crippen LogP contribution in [0.3, 0.4) is 0 Å². The van der Waals surface area contributed by atoms with E-state index in [0.29, 0.717) is 17.3 Å². The Hall–Kier alpha value is -1.52. The topological polar surface area (TPSA) is 83.8 Å². The number of nitrogen functional groups attached to an aromatic ring is 1. The minimum Gasteiger partial charge on any atom is -0.383 e. The Morgan fingerprint density at radius 1 is 1.67 bits per heavy atom. The highest BCUT2D eigenvalue weighted by molar-refractivity contribution is 5.98. The van der Waals surface area contributed by atoms with Crippen LogP contribution < -0.4 is 11.1 Å². The summed E-state index contributed by atoms with van der Waals surface area (Å²) in [7, 11) is 0. The largest absolute Gasteiger partial charge is 0.383 e. The molecule has 0 aliphatic heterocycles. The van der Waals surface area contributed by atoms with Crippen LogP contribution in [0.25, 0.3) is 0 Å². The molecule has 1 amide bonds. The number of rotatable bonds is 4. The van der Waals surface area contributed by atoms with Gasteiger partial charge in [-0.2, -0.15) is 5.10 Å². The van der Waals surface area contributed by atoms with Gasteiger partial charge in [0, 0.05) is 6.04 Å². The highest BCUT2D eigenvalue weighted by Crippen LogP contribution is 2.10. The molecule has 1 heterocycles. The summed E-state index contributed by atoms with van der Waals surface area (Å²) in [6, 6.07) is 0.136. The van der Waals surface area contributed by atoms with E-state index < -0.39 is 0 Å². The summed E-state index contributed by atoms with van der Waals surface area (Å²) in [6.07, 6.45) is 2.47.